The summed E-state index contributed by atoms with van der Waals surface area (Å²) in [6.07, 6.45) is 0. The smallest absolute Gasteiger partial charge is 0.197 e. The lowest BCUT2D eigenvalue weighted by Crippen LogP contribution is -1.97. The standard InChI is InChI=1S/C11H13N3O/c1-7-6-10(12-3)14-11(13-7)9-5-4-8(2)15-9/h4-6H,1-3H3,(H,12,13,14). The van der Waals surface area contributed by atoms with Crippen LogP contribution in [0.5, 0.6) is 0 Å². The van der Waals surface area contributed by atoms with Crippen LogP contribution >= 0.6 is 0 Å². The lowest BCUT2D eigenvalue weighted by Gasteiger charge is -2.02. The Morgan fingerprint density at radius 3 is 2.60 bits per heavy atom. The third-order valence-corrected chi connectivity index (χ3v) is 2.07. The molecule has 4 nitrogen and oxygen atoms in total. The Kier molecular flexibility index (Phi) is 2.41. The van der Waals surface area contributed by atoms with E-state index in [0.717, 1.165) is 17.3 Å². The number of aryl methyl sites for hydroxylation is 2. The van der Waals surface area contributed by atoms with Gasteiger partial charge in [0.15, 0.2) is 11.6 Å². The van der Waals surface area contributed by atoms with Gasteiger partial charge < -0.3 is 9.73 Å². The van der Waals surface area contributed by atoms with Crippen molar-refractivity contribution in [3.8, 4) is 11.6 Å². The number of nitrogens with one attached hydrogen (secondary N) is 1. The Morgan fingerprint density at radius 2 is 2.00 bits per heavy atom. The molecule has 0 radical (unpaired) electrons. The second-order valence-corrected chi connectivity index (χ2v) is 3.38. The van der Waals surface area contributed by atoms with Crippen LogP contribution in [0.4, 0.5) is 5.82 Å². The van der Waals surface area contributed by atoms with Gasteiger partial charge in [0.25, 0.3) is 0 Å². The van der Waals surface area contributed by atoms with Gasteiger partial charge in [0.05, 0.1) is 0 Å². The summed E-state index contributed by atoms with van der Waals surface area (Å²) < 4.78 is 5.47. The van der Waals surface area contributed by atoms with E-state index in [4.69, 9.17) is 4.42 Å². The fourth-order valence-corrected chi connectivity index (χ4v) is 1.36. The topological polar surface area (TPSA) is 51.0 Å². The molecule has 0 aromatic carbocycles. The van der Waals surface area contributed by atoms with Gasteiger partial charge in [0.1, 0.15) is 11.6 Å². The van der Waals surface area contributed by atoms with E-state index in [1.54, 1.807) is 0 Å². The molecule has 0 amide bonds. The summed E-state index contributed by atoms with van der Waals surface area (Å²) in [6.45, 7) is 3.83. The number of hydrogen-bond donors (Lipinski definition) is 1. The molecule has 0 fully saturated rings. The lowest BCUT2D eigenvalue weighted by atomic mass is 10.3. The number of nitrogens with zero attached hydrogens (tertiary/aromatic N) is 2. The molecule has 15 heavy (non-hydrogen) atoms. The molecule has 2 rings (SSSR count). The summed E-state index contributed by atoms with van der Waals surface area (Å²) in [4.78, 5) is 8.64. The zero-order valence-corrected chi connectivity index (χ0v) is 9.03. The van der Waals surface area contributed by atoms with Crippen LogP contribution in [0.2, 0.25) is 0 Å². The van der Waals surface area contributed by atoms with Crippen LogP contribution in [-0.4, -0.2) is 17.0 Å². The van der Waals surface area contributed by atoms with Gasteiger partial charge in [0.2, 0.25) is 0 Å². The van der Waals surface area contributed by atoms with Crippen molar-refractivity contribution < 1.29 is 4.42 Å². The Morgan fingerprint density at radius 1 is 1.20 bits per heavy atom. The van der Waals surface area contributed by atoms with Crippen LogP contribution in [0.3, 0.4) is 0 Å². The molecule has 2 aromatic rings. The molecular weight excluding hydrogens is 190 g/mol. The molecule has 0 aliphatic rings. The van der Waals surface area contributed by atoms with Gasteiger partial charge in [0, 0.05) is 18.8 Å². The van der Waals surface area contributed by atoms with Gasteiger partial charge in [-0.2, -0.15) is 0 Å². The predicted octanol–water partition coefficient (Wildman–Crippen LogP) is 2.40. The summed E-state index contributed by atoms with van der Waals surface area (Å²) in [7, 11) is 1.83. The molecule has 0 unspecified atom stereocenters. The van der Waals surface area contributed by atoms with Crippen LogP contribution in [0.1, 0.15) is 11.5 Å². The first kappa shape index (κ1) is 9.71. The normalized spacial score (nSPS) is 10.3. The third-order valence-electron chi connectivity index (χ3n) is 2.07. The van der Waals surface area contributed by atoms with Crippen LogP contribution in [-0.2, 0) is 0 Å². The molecule has 2 heterocycles. The number of anilines is 1. The maximum absolute atomic E-state index is 5.47. The minimum atomic E-state index is 0.618. The second kappa shape index (κ2) is 3.73. The lowest BCUT2D eigenvalue weighted by molar-refractivity contribution is 0.544. The number of furan rings is 1. The van der Waals surface area contributed by atoms with Gasteiger partial charge >= 0.3 is 0 Å². The van der Waals surface area contributed by atoms with Gasteiger partial charge in [-0.05, 0) is 26.0 Å². The van der Waals surface area contributed by atoms with Crippen LogP contribution < -0.4 is 5.32 Å². The van der Waals surface area contributed by atoms with E-state index in [1.807, 2.05) is 39.1 Å². The first-order valence-corrected chi connectivity index (χ1v) is 4.79. The number of aromatic nitrogens is 2. The van der Waals surface area contributed by atoms with E-state index in [2.05, 4.69) is 15.3 Å². The Bertz CT molecular complexity index is 476. The first-order chi connectivity index (χ1) is 7.19. The summed E-state index contributed by atoms with van der Waals surface area (Å²) in [5.74, 6) is 2.98. The summed E-state index contributed by atoms with van der Waals surface area (Å²) in [5, 5.41) is 2.99. The SMILES string of the molecule is CNc1cc(C)nc(-c2ccc(C)o2)n1. The molecule has 1 N–H and O–H groups in total. The molecule has 0 spiro atoms. The highest BCUT2D eigenvalue weighted by atomic mass is 16.3. The Labute approximate surface area is 88.4 Å². The zero-order valence-electron chi connectivity index (χ0n) is 9.03. The maximum atomic E-state index is 5.47. The quantitative estimate of drug-likeness (QED) is 0.814. The van der Waals surface area contributed by atoms with E-state index >= 15 is 0 Å². The van der Waals surface area contributed by atoms with Crippen molar-refractivity contribution in [2.24, 2.45) is 0 Å². The van der Waals surface area contributed by atoms with Crippen LogP contribution in [0.25, 0.3) is 11.6 Å². The van der Waals surface area contributed by atoms with E-state index in [9.17, 15) is 0 Å². The summed E-state index contributed by atoms with van der Waals surface area (Å²) >= 11 is 0. The fourth-order valence-electron chi connectivity index (χ4n) is 1.36. The predicted molar refractivity (Wildman–Crippen MR) is 58.8 cm³/mol. The largest absolute Gasteiger partial charge is 0.458 e. The molecule has 0 aliphatic carbocycles. The van der Waals surface area contributed by atoms with E-state index in [1.165, 1.54) is 0 Å². The van der Waals surface area contributed by atoms with Gasteiger partial charge in [-0.15, -0.1) is 0 Å². The number of hydrogen-bond acceptors (Lipinski definition) is 4. The highest BCUT2D eigenvalue weighted by Gasteiger charge is 2.07. The van der Waals surface area contributed by atoms with Crippen molar-refractivity contribution in [3.63, 3.8) is 0 Å². The molecule has 0 bridgehead atoms. The average molecular weight is 203 g/mol. The minimum absolute atomic E-state index is 0.618. The van der Waals surface area contributed by atoms with E-state index in [-0.39, 0.29) is 0 Å². The molecule has 0 atom stereocenters. The summed E-state index contributed by atoms with van der Waals surface area (Å²) in [6, 6.07) is 5.67. The fraction of sp³-hybridized carbons (Fsp3) is 0.273. The molecule has 2 aromatic heterocycles. The van der Waals surface area contributed by atoms with Crippen molar-refractivity contribution in [1.29, 1.82) is 0 Å². The molecule has 0 saturated heterocycles. The van der Waals surface area contributed by atoms with Gasteiger partial charge in [-0.25, -0.2) is 9.97 Å². The highest BCUT2D eigenvalue weighted by molar-refractivity contribution is 5.51. The average Bonchev–Trinajstić information content (AvgIpc) is 2.64. The minimum Gasteiger partial charge on any atom is -0.458 e. The molecule has 4 heteroatoms. The van der Waals surface area contributed by atoms with Crippen molar-refractivity contribution >= 4 is 5.82 Å². The van der Waals surface area contributed by atoms with Crippen molar-refractivity contribution in [2.75, 3.05) is 12.4 Å². The Balaban J connectivity index is 2.48. The zero-order chi connectivity index (χ0) is 10.8. The summed E-state index contributed by atoms with van der Waals surface area (Å²) in [5.41, 5.74) is 0.915. The first-order valence-electron chi connectivity index (χ1n) is 4.79. The molecular formula is C11H13N3O. The van der Waals surface area contributed by atoms with E-state index in [0.29, 0.717) is 11.6 Å². The van der Waals surface area contributed by atoms with Gasteiger partial charge in [-0.3, -0.25) is 0 Å². The number of rotatable bonds is 2. The third kappa shape index (κ3) is 1.98. The van der Waals surface area contributed by atoms with Crippen molar-refractivity contribution in [3.05, 3.63) is 29.7 Å². The van der Waals surface area contributed by atoms with Crippen molar-refractivity contribution in [2.45, 2.75) is 13.8 Å². The van der Waals surface area contributed by atoms with Gasteiger partial charge in [-0.1, -0.05) is 0 Å². The Hall–Kier alpha value is -1.84. The maximum Gasteiger partial charge on any atom is 0.197 e. The van der Waals surface area contributed by atoms with Crippen LogP contribution in [0.15, 0.2) is 22.6 Å². The van der Waals surface area contributed by atoms with E-state index < -0.39 is 0 Å². The monoisotopic (exact) mass is 203 g/mol. The highest BCUT2D eigenvalue weighted by Crippen LogP contribution is 2.19. The van der Waals surface area contributed by atoms with Crippen LogP contribution in [0, 0.1) is 13.8 Å². The molecule has 0 saturated carbocycles. The molecule has 78 valence electrons. The molecule has 0 aliphatic heterocycles. The van der Waals surface area contributed by atoms with Crippen molar-refractivity contribution in [1.82, 2.24) is 9.97 Å². The second-order valence-electron chi connectivity index (χ2n) is 3.38.